The quantitative estimate of drug-likeness (QED) is 0.496. The second-order valence-corrected chi connectivity index (χ2v) is 3.05. The number of aliphatic hydroxyl groups is 1. The van der Waals surface area contributed by atoms with Gasteiger partial charge in [-0.3, -0.25) is 4.79 Å². The van der Waals surface area contributed by atoms with Crippen LogP contribution in [0.4, 0.5) is 13.2 Å². The summed E-state index contributed by atoms with van der Waals surface area (Å²) in [6.07, 6.45) is -6.00. The van der Waals surface area contributed by atoms with Crippen molar-refractivity contribution in [1.29, 1.82) is 0 Å². The molecule has 1 aliphatic rings. The zero-order chi connectivity index (χ0) is 10.9. The molecule has 2 atom stereocenters. The van der Waals surface area contributed by atoms with Gasteiger partial charge < -0.3 is 9.84 Å². The molecule has 7 heteroatoms. The lowest BCUT2D eigenvalue weighted by molar-refractivity contribution is -0.252. The number of alkyl halides is 3. The minimum Gasteiger partial charge on any atom is -0.468 e. The number of ether oxygens (including phenoxy) is 1. The van der Waals surface area contributed by atoms with Crippen molar-refractivity contribution in [3.63, 3.8) is 0 Å². The standard InChI is InChI=1S/C7H10F3NO3/c1-14-6(13)5-2-4(12)3-11(5)7(8,9)10/h4-5,12H,2-3H2,1H3/t4?,5-/m0/s1. The summed E-state index contributed by atoms with van der Waals surface area (Å²) < 4.78 is 41.1. The second kappa shape index (κ2) is 3.74. The molecule has 1 aliphatic heterocycles. The van der Waals surface area contributed by atoms with E-state index < -0.39 is 31.0 Å². The van der Waals surface area contributed by atoms with Gasteiger partial charge >= 0.3 is 12.3 Å². The predicted octanol–water partition coefficient (Wildman–Crippen LogP) is 0.114. The Bertz CT molecular complexity index is 231. The summed E-state index contributed by atoms with van der Waals surface area (Å²) in [4.78, 5) is 10.9. The van der Waals surface area contributed by atoms with E-state index in [2.05, 4.69) is 4.74 Å². The topological polar surface area (TPSA) is 49.8 Å². The maximum absolute atomic E-state index is 12.3. The van der Waals surface area contributed by atoms with Crippen LogP contribution in [0.25, 0.3) is 0 Å². The largest absolute Gasteiger partial charge is 0.468 e. The monoisotopic (exact) mass is 213 g/mol. The van der Waals surface area contributed by atoms with Gasteiger partial charge in [0.25, 0.3) is 0 Å². The lowest BCUT2D eigenvalue weighted by atomic mass is 10.2. The SMILES string of the molecule is COC(=O)[C@@H]1CC(O)CN1C(F)(F)F. The Morgan fingerprint density at radius 3 is 2.57 bits per heavy atom. The van der Waals surface area contributed by atoms with Crippen molar-refractivity contribution in [2.75, 3.05) is 13.7 Å². The molecule has 1 heterocycles. The van der Waals surface area contributed by atoms with Crippen LogP contribution in [0.15, 0.2) is 0 Å². The molecule has 0 aromatic carbocycles. The number of aliphatic hydroxyl groups excluding tert-OH is 1. The Balaban J connectivity index is 2.78. The fourth-order valence-electron chi connectivity index (χ4n) is 1.45. The van der Waals surface area contributed by atoms with Crippen LogP contribution in [-0.4, -0.2) is 48.1 Å². The minimum atomic E-state index is -4.61. The first kappa shape index (κ1) is 11.3. The highest BCUT2D eigenvalue weighted by Crippen LogP contribution is 2.31. The van der Waals surface area contributed by atoms with Gasteiger partial charge in [0.2, 0.25) is 0 Å². The summed E-state index contributed by atoms with van der Waals surface area (Å²) >= 11 is 0. The smallest absolute Gasteiger partial charge is 0.460 e. The summed E-state index contributed by atoms with van der Waals surface area (Å²) in [5.41, 5.74) is 0. The van der Waals surface area contributed by atoms with Crippen LogP contribution < -0.4 is 0 Å². The Kier molecular flexibility index (Phi) is 3.01. The molecular weight excluding hydrogens is 203 g/mol. The first-order valence-corrected chi connectivity index (χ1v) is 3.95. The molecule has 14 heavy (non-hydrogen) atoms. The molecule has 4 nitrogen and oxygen atoms in total. The van der Waals surface area contributed by atoms with Crippen LogP contribution in [0.2, 0.25) is 0 Å². The highest BCUT2D eigenvalue weighted by Gasteiger charge is 2.50. The van der Waals surface area contributed by atoms with Crippen LogP contribution in [0.3, 0.4) is 0 Å². The van der Waals surface area contributed by atoms with Crippen LogP contribution in [0, 0.1) is 0 Å². The molecule has 1 unspecified atom stereocenters. The number of hydrogen-bond donors (Lipinski definition) is 1. The van der Waals surface area contributed by atoms with Gasteiger partial charge in [0, 0.05) is 13.0 Å². The predicted molar refractivity (Wildman–Crippen MR) is 39.2 cm³/mol. The molecule has 0 aromatic heterocycles. The Morgan fingerprint density at radius 2 is 2.14 bits per heavy atom. The van der Waals surface area contributed by atoms with Gasteiger partial charge in [-0.05, 0) is 0 Å². The summed E-state index contributed by atoms with van der Waals surface area (Å²) in [7, 11) is 1.02. The summed E-state index contributed by atoms with van der Waals surface area (Å²) in [6.45, 7) is -0.580. The van der Waals surface area contributed by atoms with Gasteiger partial charge in [0.1, 0.15) is 6.04 Å². The first-order chi connectivity index (χ1) is 6.36. The molecule has 0 aliphatic carbocycles. The van der Waals surface area contributed by atoms with Crippen molar-refractivity contribution in [2.45, 2.75) is 24.9 Å². The van der Waals surface area contributed by atoms with Crippen molar-refractivity contribution in [3.8, 4) is 0 Å². The Morgan fingerprint density at radius 1 is 1.57 bits per heavy atom. The first-order valence-electron chi connectivity index (χ1n) is 3.95. The molecule has 0 saturated carbocycles. The highest BCUT2D eigenvalue weighted by molar-refractivity contribution is 5.76. The van der Waals surface area contributed by atoms with Crippen molar-refractivity contribution < 1.29 is 27.8 Å². The summed E-state index contributed by atoms with van der Waals surface area (Å²) in [5.74, 6) is -0.973. The molecule has 82 valence electrons. The van der Waals surface area contributed by atoms with E-state index in [4.69, 9.17) is 5.11 Å². The number of carbonyl (C=O) groups is 1. The maximum Gasteiger partial charge on any atom is 0.460 e. The van der Waals surface area contributed by atoms with Crippen molar-refractivity contribution in [3.05, 3.63) is 0 Å². The van der Waals surface area contributed by atoms with Crippen LogP contribution in [0.5, 0.6) is 0 Å². The molecule has 0 aromatic rings. The maximum atomic E-state index is 12.3. The normalized spacial score (nSPS) is 29.2. The number of nitrogens with zero attached hydrogens (tertiary/aromatic N) is 1. The number of hydrogen-bond acceptors (Lipinski definition) is 4. The molecular formula is C7H10F3NO3. The third-order valence-corrected chi connectivity index (χ3v) is 2.08. The zero-order valence-electron chi connectivity index (χ0n) is 7.41. The van der Waals surface area contributed by atoms with Gasteiger partial charge in [-0.25, -0.2) is 0 Å². The van der Waals surface area contributed by atoms with E-state index in [1.165, 1.54) is 0 Å². The van der Waals surface area contributed by atoms with Crippen molar-refractivity contribution >= 4 is 5.97 Å². The number of methoxy groups -OCH3 is 1. The molecule has 1 saturated heterocycles. The Labute approximate surface area is 78.2 Å². The van der Waals surface area contributed by atoms with E-state index in [1.54, 1.807) is 0 Å². The van der Waals surface area contributed by atoms with E-state index in [9.17, 15) is 18.0 Å². The van der Waals surface area contributed by atoms with E-state index in [-0.39, 0.29) is 11.3 Å². The van der Waals surface area contributed by atoms with Crippen LogP contribution >= 0.6 is 0 Å². The third-order valence-electron chi connectivity index (χ3n) is 2.08. The number of esters is 1. The average molecular weight is 213 g/mol. The van der Waals surface area contributed by atoms with E-state index in [1.807, 2.05) is 0 Å². The number of carbonyl (C=O) groups excluding carboxylic acids is 1. The zero-order valence-corrected chi connectivity index (χ0v) is 7.41. The van der Waals surface area contributed by atoms with E-state index in [0.29, 0.717) is 0 Å². The van der Waals surface area contributed by atoms with Gasteiger partial charge in [0.15, 0.2) is 0 Å². The van der Waals surface area contributed by atoms with Crippen molar-refractivity contribution in [1.82, 2.24) is 4.90 Å². The van der Waals surface area contributed by atoms with Gasteiger partial charge in [-0.1, -0.05) is 0 Å². The number of β-amino-alcohol motifs (C(OH)–C–C–N with tert-alkyl or cyclic N) is 1. The Hall–Kier alpha value is -0.820. The summed E-state index contributed by atoms with van der Waals surface area (Å²) in [5, 5.41) is 9.03. The fraction of sp³-hybridized carbons (Fsp3) is 0.857. The molecule has 0 spiro atoms. The third kappa shape index (κ3) is 2.16. The van der Waals surface area contributed by atoms with Crippen molar-refractivity contribution in [2.24, 2.45) is 0 Å². The molecule has 1 fully saturated rings. The lowest BCUT2D eigenvalue weighted by Gasteiger charge is -2.23. The number of rotatable bonds is 1. The molecule has 0 bridgehead atoms. The lowest BCUT2D eigenvalue weighted by Crippen LogP contribution is -2.46. The van der Waals surface area contributed by atoms with E-state index >= 15 is 0 Å². The molecule has 1 rings (SSSR count). The van der Waals surface area contributed by atoms with E-state index in [0.717, 1.165) is 7.11 Å². The minimum absolute atomic E-state index is 0.0104. The number of halogens is 3. The molecule has 1 N–H and O–H groups in total. The van der Waals surface area contributed by atoms with Gasteiger partial charge in [-0.2, -0.15) is 18.1 Å². The van der Waals surface area contributed by atoms with Gasteiger partial charge in [0.05, 0.1) is 13.2 Å². The highest BCUT2D eigenvalue weighted by atomic mass is 19.4. The number of likely N-dealkylation sites (tertiary alicyclic amines) is 1. The fourth-order valence-corrected chi connectivity index (χ4v) is 1.45. The average Bonchev–Trinajstić information content (AvgIpc) is 2.45. The second-order valence-electron chi connectivity index (χ2n) is 3.05. The molecule has 0 amide bonds. The van der Waals surface area contributed by atoms with Crippen LogP contribution in [0.1, 0.15) is 6.42 Å². The summed E-state index contributed by atoms with van der Waals surface area (Å²) in [6, 6.07) is -1.42. The van der Waals surface area contributed by atoms with Crippen LogP contribution in [-0.2, 0) is 9.53 Å². The van der Waals surface area contributed by atoms with Gasteiger partial charge in [-0.15, -0.1) is 0 Å². The molecule has 0 radical (unpaired) electrons.